The van der Waals surface area contributed by atoms with Crippen LogP contribution in [-0.4, -0.2) is 35.1 Å². The van der Waals surface area contributed by atoms with Gasteiger partial charge in [-0.15, -0.1) is 11.8 Å². The van der Waals surface area contributed by atoms with Crippen LogP contribution in [0, 0.1) is 0 Å². The number of anilines is 2. The standard InChI is InChI=1S/C31H27ClN4O4S/c1-20(29(37)36-28-17-12-23(32)19-33-28)41-25-15-13-24(14-16-25)34-31(39)26(18-22-10-6-7-11-27(22)40-2)35-30(38)21-8-4-3-5-9-21/h3-20H,1-2H3,(H,34,39)(H,35,38)(H,33,36,37)/b26-18-. The third-order valence-electron chi connectivity index (χ3n) is 5.74. The molecule has 0 saturated heterocycles. The second-order valence-corrected chi connectivity index (χ2v) is 10.6. The van der Waals surface area contributed by atoms with Crippen molar-refractivity contribution < 1.29 is 19.1 Å². The quantitative estimate of drug-likeness (QED) is 0.149. The minimum absolute atomic E-state index is 0.0444. The SMILES string of the molecule is COc1ccccc1/C=C(\NC(=O)c1ccccc1)C(=O)Nc1ccc(SC(C)C(=O)Nc2ccc(Cl)cn2)cc1. The second-order valence-electron chi connectivity index (χ2n) is 8.71. The lowest BCUT2D eigenvalue weighted by Gasteiger charge is -2.14. The van der Waals surface area contributed by atoms with E-state index in [0.29, 0.717) is 33.4 Å². The predicted octanol–water partition coefficient (Wildman–Crippen LogP) is 6.27. The highest BCUT2D eigenvalue weighted by atomic mass is 35.5. The lowest BCUT2D eigenvalue weighted by Crippen LogP contribution is -2.30. The van der Waals surface area contributed by atoms with Crippen molar-refractivity contribution in [2.45, 2.75) is 17.1 Å². The van der Waals surface area contributed by atoms with Crippen LogP contribution in [0.15, 0.2) is 108 Å². The van der Waals surface area contributed by atoms with Crippen LogP contribution in [0.4, 0.5) is 11.5 Å². The number of carbonyl (C=O) groups excluding carboxylic acids is 3. The smallest absolute Gasteiger partial charge is 0.272 e. The molecule has 10 heteroatoms. The molecule has 208 valence electrons. The average molecular weight is 587 g/mol. The topological polar surface area (TPSA) is 109 Å². The maximum Gasteiger partial charge on any atom is 0.272 e. The van der Waals surface area contributed by atoms with Gasteiger partial charge < -0.3 is 20.7 Å². The molecule has 0 aliphatic rings. The van der Waals surface area contributed by atoms with Gasteiger partial charge in [0, 0.05) is 27.9 Å². The Kier molecular flexibility index (Phi) is 10.1. The first kappa shape index (κ1) is 29.4. The monoisotopic (exact) mass is 586 g/mol. The Hall–Kier alpha value is -4.60. The number of amides is 3. The number of hydrogen-bond acceptors (Lipinski definition) is 6. The first-order chi connectivity index (χ1) is 19.8. The minimum atomic E-state index is -0.510. The zero-order valence-electron chi connectivity index (χ0n) is 22.3. The van der Waals surface area contributed by atoms with Crippen molar-refractivity contribution >= 4 is 58.7 Å². The lowest BCUT2D eigenvalue weighted by atomic mass is 10.1. The number of nitrogens with zero attached hydrogens (tertiary/aromatic N) is 1. The molecule has 4 aromatic rings. The van der Waals surface area contributed by atoms with Gasteiger partial charge in [0.15, 0.2) is 0 Å². The predicted molar refractivity (Wildman–Crippen MR) is 163 cm³/mol. The number of benzene rings is 3. The van der Waals surface area contributed by atoms with Crippen LogP contribution in [0.2, 0.25) is 5.02 Å². The van der Waals surface area contributed by atoms with Crippen molar-refractivity contribution in [2.24, 2.45) is 0 Å². The van der Waals surface area contributed by atoms with Crippen molar-refractivity contribution in [3.63, 3.8) is 0 Å². The maximum atomic E-state index is 13.3. The van der Waals surface area contributed by atoms with Crippen molar-refractivity contribution in [2.75, 3.05) is 17.7 Å². The summed E-state index contributed by atoms with van der Waals surface area (Å²) in [5, 5.41) is 8.38. The molecular weight excluding hydrogens is 560 g/mol. The Morgan fingerprint density at radius 2 is 1.61 bits per heavy atom. The Balaban J connectivity index is 1.45. The number of methoxy groups -OCH3 is 1. The van der Waals surface area contributed by atoms with Crippen LogP contribution in [0.1, 0.15) is 22.8 Å². The van der Waals surface area contributed by atoms with E-state index in [0.717, 1.165) is 4.90 Å². The van der Waals surface area contributed by atoms with Gasteiger partial charge in [-0.05, 0) is 67.6 Å². The summed E-state index contributed by atoms with van der Waals surface area (Å²) in [5.74, 6) is -0.166. The summed E-state index contributed by atoms with van der Waals surface area (Å²) in [6.07, 6.45) is 3.03. The van der Waals surface area contributed by atoms with Crippen LogP contribution in [-0.2, 0) is 9.59 Å². The van der Waals surface area contributed by atoms with Gasteiger partial charge in [0.25, 0.3) is 11.8 Å². The highest BCUT2D eigenvalue weighted by Crippen LogP contribution is 2.26. The molecule has 1 aromatic heterocycles. The van der Waals surface area contributed by atoms with E-state index >= 15 is 0 Å². The van der Waals surface area contributed by atoms with Gasteiger partial charge in [-0.1, -0.05) is 48.0 Å². The summed E-state index contributed by atoms with van der Waals surface area (Å²) < 4.78 is 5.40. The number of hydrogen-bond donors (Lipinski definition) is 3. The normalized spacial score (nSPS) is 11.7. The summed E-state index contributed by atoms with van der Waals surface area (Å²) in [4.78, 5) is 43.7. The van der Waals surface area contributed by atoms with Gasteiger partial charge in [-0.3, -0.25) is 14.4 Å². The number of pyridine rings is 1. The number of halogens is 1. The summed E-state index contributed by atoms with van der Waals surface area (Å²) in [5.41, 5.74) is 1.60. The van der Waals surface area contributed by atoms with Crippen LogP contribution >= 0.6 is 23.4 Å². The summed E-state index contributed by atoms with van der Waals surface area (Å²) in [6, 6.07) is 26.2. The summed E-state index contributed by atoms with van der Waals surface area (Å²) >= 11 is 7.20. The summed E-state index contributed by atoms with van der Waals surface area (Å²) in [6.45, 7) is 1.79. The molecule has 3 amide bonds. The number of carbonyl (C=O) groups is 3. The van der Waals surface area contributed by atoms with Gasteiger partial charge in [0.05, 0.1) is 17.4 Å². The van der Waals surface area contributed by atoms with Crippen molar-refractivity contribution in [1.82, 2.24) is 10.3 Å². The first-order valence-corrected chi connectivity index (χ1v) is 13.8. The van der Waals surface area contributed by atoms with Crippen LogP contribution < -0.4 is 20.7 Å². The summed E-state index contributed by atoms with van der Waals surface area (Å²) in [7, 11) is 1.54. The molecule has 0 radical (unpaired) electrons. The van der Waals surface area contributed by atoms with Crippen molar-refractivity contribution in [1.29, 1.82) is 0 Å². The van der Waals surface area contributed by atoms with E-state index in [1.54, 1.807) is 91.9 Å². The molecule has 3 N–H and O–H groups in total. The third-order valence-corrected chi connectivity index (χ3v) is 7.08. The number of rotatable bonds is 10. The number of ether oxygens (including phenoxy) is 1. The molecular formula is C31H27ClN4O4S. The molecule has 1 heterocycles. The van der Waals surface area contributed by atoms with Gasteiger partial charge in [0.1, 0.15) is 17.3 Å². The molecule has 1 atom stereocenters. The Morgan fingerprint density at radius 3 is 2.29 bits per heavy atom. The fourth-order valence-electron chi connectivity index (χ4n) is 3.63. The van der Waals surface area contributed by atoms with Crippen molar-refractivity contribution in [3.8, 4) is 5.75 Å². The largest absolute Gasteiger partial charge is 0.496 e. The third kappa shape index (κ3) is 8.44. The van der Waals surface area contributed by atoms with Gasteiger partial charge in [-0.25, -0.2) is 4.98 Å². The van der Waals surface area contributed by atoms with Gasteiger partial charge in [0.2, 0.25) is 5.91 Å². The highest BCUT2D eigenvalue weighted by molar-refractivity contribution is 8.00. The van der Waals surface area contributed by atoms with E-state index in [-0.39, 0.29) is 11.6 Å². The second kappa shape index (κ2) is 14.2. The molecule has 0 aliphatic carbocycles. The molecule has 1 unspecified atom stereocenters. The Labute approximate surface area is 247 Å². The molecule has 8 nitrogen and oxygen atoms in total. The van der Waals surface area contributed by atoms with E-state index in [1.165, 1.54) is 25.1 Å². The first-order valence-electron chi connectivity index (χ1n) is 12.5. The number of aromatic nitrogens is 1. The Morgan fingerprint density at radius 1 is 0.902 bits per heavy atom. The lowest BCUT2D eigenvalue weighted by molar-refractivity contribution is -0.115. The fraction of sp³-hybridized carbons (Fsp3) is 0.0968. The molecule has 4 rings (SSSR count). The zero-order valence-corrected chi connectivity index (χ0v) is 23.8. The number of thioether (sulfide) groups is 1. The Bertz CT molecular complexity index is 1540. The minimum Gasteiger partial charge on any atom is -0.496 e. The molecule has 0 bridgehead atoms. The number of para-hydroxylation sites is 1. The van der Waals surface area contributed by atoms with E-state index in [1.807, 2.05) is 12.1 Å². The average Bonchev–Trinajstić information content (AvgIpc) is 2.99. The molecule has 41 heavy (non-hydrogen) atoms. The molecule has 0 fully saturated rings. The van der Waals surface area contributed by atoms with E-state index < -0.39 is 17.1 Å². The maximum absolute atomic E-state index is 13.3. The number of nitrogens with one attached hydrogen (secondary N) is 3. The fourth-order valence-corrected chi connectivity index (χ4v) is 4.61. The van der Waals surface area contributed by atoms with E-state index in [2.05, 4.69) is 20.9 Å². The molecule has 0 spiro atoms. The van der Waals surface area contributed by atoms with Crippen LogP contribution in [0.25, 0.3) is 6.08 Å². The molecule has 0 aliphatic heterocycles. The van der Waals surface area contributed by atoms with Crippen molar-refractivity contribution in [3.05, 3.63) is 119 Å². The zero-order chi connectivity index (χ0) is 29.2. The van der Waals surface area contributed by atoms with E-state index in [9.17, 15) is 14.4 Å². The van der Waals surface area contributed by atoms with Crippen LogP contribution in [0.5, 0.6) is 5.75 Å². The van der Waals surface area contributed by atoms with Gasteiger partial charge >= 0.3 is 0 Å². The van der Waals surface area contributed by atoms with Gasteiger partial charge in [-0.2, -0.15) is 0 Å². The molecule has 3 aromatic carbocycles. The highest BCUT2D eigenvalue weighted by Gasteiger charge is 2.17. The van der Waals surface area contributed by atoms with E-state index in [4.69, 9.17) is 16.3 Å². The van der Waals surface area contributed by atoms with Crippen LogP contribution in [0.3, 0.4) is 0 Å². The molecule has 0 saturated carbocycles.